The Morgan fingerprint density at radius 3 is 2.36 bits per heavy atom. The first-order valence-electron chi connectivity index (χ1n) is 8.69. The number of rotatable bonds is 6. The van der Waals surface area contributed by atoms with Crippen LogP contribution in [0.3, 0.4) is 0 Å². The van der Waals surface area contributed by atoms with Gasteiger partial charge in [0.15, 0.2) is 0 Å². The Morgan fingerprint density at radius 1 is 1.07 bits per heavy atom. The van der Waals surface area contributed by atoms with Gasteiger partial charge in [0.05, 0.1) is 49.0 Å². The van der Waals surface area contributed by atoms with Crippen LogP contribution in [-0.2, 0) is 16.0 Å². The maximum Gasteiger partial charge on any atom is 0.311 e. The summed E-state index contributed by atoms with van der Waals surface area (Å²) < 4.78 is 11.3. The van der Waals surface area contributed by atoms with Gasteiger partial charge < -0.3 is 9.47 Å². The van der Waals surface area contributed by atoms with Crippen molar-refractivity contribution < 1.29 is 14.3 Å². The molecule has 7 nitrogen and oxygen atoms in total. The van der Waals surface area contributed by atoms with E-state index in [2.05, 4.69) is 10.1 Å². The van der Waals surface area contributed by atoms with Crippen molar-refractivity contribution in [3.63, 3.8) is 0 Å². The Labute approximate surface area is 162 Å². The number of esters is 1. The molecule has 1 aromatic heterocycles. The smallest absolute Gasteiger partial charge is 0.311 e. The van der Waals surface area contributed by atoms with E-state index in [-0.39, 0.29) is 12.0 Å². The zero-order valence-corrected chi connectivity index (χ0v) is 15.9. The number of aromatic nitrogens is 2. The Balaban J connectivity index is 2.08. The molecular weight excluding hydrogens is 358 g/mol. The highest BCUT2D eigenvalue weighted by molar-refractivity contribution is 6.01. The molecule has 1 N–H and O–H groups in total. The number of carbonyl (C=O) groups excluding carboxylic acids is 1. The number of ether oxygens (including phenoxy) is 2. The second kappa shape index (κ2) is 8.39. The molecule has 0 saturated heterocycles. The average Bonchev–Trinajstić information content (AvgIpc) is 3.04. The quantitative estimate of drug-likeness (QED) is 0.527. The largest absolute Gasteiger partial charge is 0.497 e. The highest BCUT2D eigenvalue weighted by atomic mass is 16.5. The molecular formula is C21H21N3O4. The van der Waals surface area contributed by atoms with Crippen molar-refractivity contribution in [2.24, 2.45) is 4.99 Å². The minimum absolute atomic E-state index is 0.0591. The fourth-order valence-corrected chi connectivity index (χ4v) is 2.87. The number of nitrogens with zero attached hydrogens (tertiary/aromatic N) is 2. The number of nitrogens with one attached hydrogen (secondary N) is 1. The van der Waals surface area contributed by atoms with Gasteiger partial charge in [-0.25, -0.2) is 4.68 Å². The summed E-state index contributed by atoms with van der Waals surface area (Å²) in [6, 6.07) is 16.3. The Bertz CT molecular complexity index is 1050. The third-order valence-electron chi connectivity index (χ3n) is 4.26. The first kappa shape index (κ1) is 19.2. The molecule has 3 rings (SSSR count). The van der Waals surface area contributed by atoms with Crippen molar-refractivity contribution in [3.05, 3.63) is 76.2 Å². The lowest BCUT2D eigenvalue weighted by Gasteiger charge is -2.03. The van der Waals surface area contributed by atoms with E-state index < -0.39 is 5.97 Å². The van der Waals surface area contributed by atoms with Crippen LogP contribution < -0.4 is 10.3 Å². The summed E-state index contributed by atoms with van der Waals surface area (Å²) in [6.07, 6.45) is -0.0591. The summed E-state index contributed by atoms with van der Waals surface area (Å²) >= 11 is 0. The maximum absolute atomic E-state index is 13.1. The molecule has 0 aliphatic carbocycles. The molecule has 28 heavy (non-hydrogen) atoms. The molecule has 0 radical (unpaired) electrons. The molecule has 0 saturated carbocycles. The zero-order chi connectivity index (χ0) is 20.1. The maximum atomic E-state index is 13.1. The summed E-state index contributed by atoms with van der Waals surface area (Å²) in [6.45, 7) is 1.74. The van der Waals surface area contributed by atoms with Crippen LogP contribution in [0.4, 0.5) is 5.69 Å². The van der Waals surface area contributed by atoms with Crippen molar-refractivity contribution in [1.29, 1.82) is 0 Å². The fraction of sp³-hybridized carbons (Fsp3) is 0.190. The van der Waals surface area contributed by atoms with Crippen LogP contribution in [0.1, 0.15) is 18.2 Å². The fourth-order valence-electron chi connectivity index (χ4n) is 2.87. The standard InChI is InChI=1S/C21H21N3O4/c1-14(22-15-9-11-17(27-2)12-10-15)20-18(13-19(25)28-3)23-24(21(20)26)16-7-5-4-6-8-16/h4-12,23H,13H2,1-3H3. The third kappa shape index (κ3) is 4.03. The molecule has 0 atom stereocenters. The predicted molar refractivity (Wildman–Crippen MR) is 107 cm³/mol. The number of methoxy groups -OCH3 is 2. The van der Waals surface area contributed by atoms with Gasteiger partial charge in [0.25, 0.3) is 5.56 Å². The minimum atomic E-state index is -0.444. The normalized spacial score (nSPS) is 11.3. The van der Waals surface area contributed by atoms with Crippen molar-refractivity contribution in [2.75, 3.05) is 14.2 Å². The number of benzene rings is 2. The van der Waals surface area contributed by atoms with Crippen LogP contribution in [0.5, 0.6) is 5.75 Å². The Morgan fingerprint density at radius 2 is 1.75 bits per heavy atom. The van der Waals surface area contributed by atoms with Gasteiger partial charge in [0.1, 0.15) is 5.75 Å². The van der Waals surface area contributed by atoms with Gasteiger partial charge in [-0.1, -0.05) is 18.2 Å². The molecule has 7 heteroatoms. The number of H-pyrrole nitrogens is 1. The van der Waals surface area contributed by atoms with Crippen LogP contribution in [0.15, 0.2) is 64.4 Å². The van der Waals surface area contributed by atoms with E-state index in [0.717, 1.165) is 5.75 Å². The molecule has 1 heterocycles. The third-order valence-corrected chi connectivity index (χ3v) is 4.26. The van der Waals surface area contributed by atoms with Crippen LogP contribution >= 0.6 is 0 Å². The molecule has 144 valence electrons. The number of hydrogen-bond acceptors (Lipinski definition) is 5. The van der Waals surface area contributed by atoms with Gasteiger partial charge in [-0.3, -0.25) is 19.7 Å². The van der Waals surface area contributed by atoms with Crippen molar-refractivity contribution >= 4 is 17.4 Å². The lowest BCUT2D eigenvalue weighted by Crippen LogP contribution is -2.20. The number of aliphatic imine (C=N–C) groups is 1. The second-order valence-corrected chi connectivity index (χ2v) is 6.09. The van der Waals surface area contributed by atoms with Crippen LogP contribution in [0.25, 0.3) is 5.69 Å². The Hall–Kier alpha value is -3.61. The molecule has 0 aliphatic heterocycles. The lowest BCUT2D eigenvalue weighted by atomic mass is 10.1. The minimum Gasteiger partial charge on any atom is -0.497 e. The molecule has 0 amide bonds. The first-order chi connectivity index (χ1) is 13.5. The van der Waals surface area contributed by atoms with E-state index in [1.807, 2.05) is 18.2 Å². The monoisotopic (exact) mass is 379 g/mol. The van der Waals surface area contributed by atoms with Crippen molar-refractivity contribution in [1.82, 2.24) is 9.78 Å². The first-order valence-corrected chi connectivity index (χ1v) is 8.69. The number of carbonyl (C=O) groups is 1. The zero-order valence-electron chi connectivity index (χ0n) is 15.9. The number of para-hydroxylation sites is 1. The van der Waals surface area contributed by atoms with E-state index in [1.165, 1.54) is 11.8 Å². The molecule has 0 unspecified atom stereocenters. The number of hydrogen-bond donors (Lipinski definition) is 1. The van der Waals surface area contributed by atoms with Gasteiger partial charge in [-0.15, -0.1) is 0 Å². The van der Waals surface area contributed by atoms with E-state index >= 15 is 0 Å². The van der Waals surface area contributed by atoms with Crippen LogP contribution in [0.2, 0.25) is 0 Å². The highest BCUT2D eigenvalue weighted by Crippen LogP contribution is 2.19. The Kier molecular flexibility index (Phi) is 5.74. The van der Waals surface area contributed by atoms with E-state index in [9.17, 15) is 9.59 Å². The second-order valence-electron chi connectivity index (χ2n) is 6.09. The van der Waals surface area contributed by atoms with Gasteiger partial charge in [0.2, 0.25) is 0 Å². The van der Waals surface area contributed by atoms with Crippen LogP contribution in [-0.4, -0.2) is 35.7 Å². The van der Waals surface area contributed by atoms with Gasteiger partial charge >= 0.3 is 5.97 Å². The van der Waals surface area contributed by atoms with E-state index in [0.29, 0.717) is 28.3 Å². The molecule has 2 aromatic carbocycles. The van der Waals surface area contributed by atoms with Crippen molar-refractivity contribution in [3.8, 4) is 11.4 Å². The molecule has 0 bridgehead atoms. The highest BCUT2D eigenvalue weighted by Gasteiger charge is 2.20. The van der Waals surface area contributed by atoms with Crippen LogP contribution in [0, 0.1) is 0 Å². The summed E-state index contributed by atoms with van der Waals surface area (Å²) in [5.41, 5.74) is 2.37. The molecule has 3 aromatic rings. The number of aromatic amines is 1. The topological polar surface area (TPSA) is 85.7 Å². The molecule has 0 spiro atoms. The van der Waals surface area contributed by atoms with Crippen molar-refractivity contribution in [2.45, 2.75) is 13.3 Å². The SMILES string of the molecule is COC(=O)Cc1[nH]n(-c2ccccc2)c(=O)c1C(C)=Nc1ccc(OC)cc1. The lowest BCUT2D eigenvalue weighted by molar-refractivity contribution is -0.139. The van der Waals surface area contributed by atoms with E-state index in [1.54, 1.807) is 50.4 Å². The summed E-state index contributed by atoms with van der Waals surface area (Å²) in [5, 5.41) is 3.02. The molecule has 0 fully saturated rings. The van der Waals surface area contributed by atoms with E-state index in [4.69, 9.17) is 9.47 Å². The summed E-state index contributed by atoms with van der Waals surface area (Å²) in [4.78, 5) is 29.4. The summed E-state index contributed by atoms with van der Waals surface area (Å²) in [7, 11) is 2.90. The summed E-state index contributed by atoms with van der Waals surface area (Å²) in [5.74, 6) is 0.274. The molecule has 0 aliphatic rings. The van der Waals surface area contributed by atoms with Gasteiger partial charge in [-0.05, 0) is 43.3 Å². The average molecular weight is 379 g/mol. The predicted octanol–water partition coefficient (Wildman–Crippen LogP) is 3.03. The van der Waals surface area contributed by atoms with Gasteiger partial charge in [-0.2, -0.15) is 0 Å². The van der Waals surface area contributed by atoms with Gasteiger partial charge in [0, 0.05) is 0 Å².